The molecule has 1 aromatic heterocycles. The van der Waals surface area contributed by atoms with Gasteiger partial charge in [0.15, 0.2) is 5.58 Å². The number of rotatable bonds is 4. The van der Waals surface area contributed by atoms with E-state index < -0.39 is 0 Å². The van der Waals surface area contributed by atoms with Gasteiger partial charge in [-0.1, -0.05) is 13.0 Å². The Hall–Kier alpha value is -1.59. The van der Waals surface area contributed by atoms with Crippen molar-refractivity contribution in [2.45, 2.75) is 39.0 Å². The van der Waals surface area contributed by atoms with Crippen LogP contribution in [0.2, 0.25) is 0 Å². The third kappa shape index (κ3) is 2.40. The van der Waals surface area contributed by atoms with Gasteiger partial charge in [0.05, 0.1) is 17.7 Å². The standard InChI is InChI=1S/C16H22N2O3/c1-4-18-12-6-5-11(9-13(12)21-16(18)19)14(17-3)15-10(2)7-8-20-15/h5-6,9-10,14-15,17H,4,7-8H2,1-3H3. The molecular weight excluding hydrogens is 268 g/mol. The number of hydrogen-bond donors (Lipinski definition) is 1. The molecular formula is C16H22N2O3. The Bertz CT molecular complexity index is 688. The van der Waals surface area contributed by atoms with E-state index in [4.69, 9.17) is 9.15 Å². The molecule has 5 nitrogen and oxygen atoms in total. The lowest BCUT2D eigenvalue weighted by Crippen LogP contribution is -2.32. The van der Waals surface area contributed by atoms with Gasteiger partial charge < -0.3 is 14.5 Å². The first-order valence-electron chi connectivity index (χ1n) is 7.57. The highest BCUT2D eigenvalue weighted by Crippen LogP contribution is 2.32. The van der Waals surface area contributed by atoms with Gasteiger partial charge in [0.2, 0.25) is 0 Å². The minimum absolute atomic E-state index is 0.113. The van der Waals surface area contributed by atoms with E-state index in [1.54, 1.807) is 4.57 Å². The van der Waals surface area contributed by atoms with E-state index in [1.807, 2.05) is 26.1 Å². The molecule has 0 bridgehead atoms. The Morgan fingerprint density at radius 2 is 2.29 bits per heavy atom. The summed E-state index contributed by atoms with van der Waals surface area (Å²) in [5.41, 5.74) is 2.59. The first-order valence-corrected chi connectivity index (χ1v) is 7.57. The summed E-state index contributed by atoms with van der Waals surface area (Å²) in [5.74, 6) is 0.224. The maximum atomic E-state index is 11.8. The number of aryl methyl sites for hydroxylation is 1. The molecule has 21 heavy (non-hydrogen) atoms. The molecule has 3 atom stereocenters. The van der Waals surface area contributed by atoms with Gasteiger partial charge in [-0.15, -0.1) is 0 Å². The predicted octanol–water partition coefficient (Wildman–Crippen LogP) is 2.30. The molecule has 1 aliphatic heterocycles. The zero-order valence-electron chi connectivity index (χ0n) is 12.8. The monoisotopic (exact) mass is 290 g/mol. The summed E-state index contributed by atoms with van der Waals surface area (Å²) in [5, 5.41) is 3.34. The number of ether oxygens (including phenoxy) is 1. The second-order valence-electron chi connectivity index (χ2n) is 5.71. The second-order valence-corrected chi connectivity index (χ2v) is 5.71. The summed E-state index contributed by atoms with van der Waals surface area (Å²) in [7, 11) is 1.94. The molecule has 1 N–H and O–H groups in total. The van der Waals surface area contributed by atoms with Crippen molar-refractivity contribution >= 4 is 11.1 Å². The minimum Gasteiger partial charge on any atom is -0.408 e. The average molecular weight is 290 g/mol. The van der Waals surface area contributed by atoms with E-state index >= 15 is 0 Å². The maximum absolute atomic E-state index is 11.8. The lowest BCUT2D eigenvalue weighted by Gasteiger charge is -2.26. The first-order chi connectivity index (χ1) is 10.2. The fraction of sp³-hybridized carbons (Fsp3) is 0.562. The van der Waals surface area contributed by atoms with Gasteiger partial charge in [0.25, 0.3) is 0 Å². The molecule has 0 spiro atoms. The highest BCUT2D eigenvalue weighted by molar-refractivity contribution is 5.74. The van der Waals surface area contributed by atoms with E-state index in [1.165, 1.54) is 0 Å². The molecule has 3 unspecified atom stereocenters. The van der Waals surface area contributed by atoms with E-state index in [2.05, 4.69) is 18.3 Å². The normalized spacial score (nSPS) is 23.8. The van der Waals surface area contributed by atoms with E-state index in [0.29, 0.717) is 18.0 Å². The fourth-order valence-corrected chi connectivity index (χ4v) is 3.24. The van der Waals surface area contributed by atoms with Crippen molar-refractivity contribution in [3.63, 3.8) is 0 Å². The third-order valence-corrected chi connectivity index (χ3v) is 4.45. The van der Waals surface area contributed by atoms with Gasteiger partial charge >= 0.3 is 5.76 Å². The Balaban J connectivity index is 2.01. The number of nitrogens with zero attached hydrogens (tertiary/aromatic N) is 1. The summed E-state index contributed by atoms with van der Waals surface area (Å²) in [4.78, 5) is 11.8. The van der Waals surface area contributed by atoms with E-state index in [9.17, 15) is 4.79 Å². The topological polar surface area (TPSA) is 56.4 Å². The number of benzene rings is 1. The smallest absolute Gasteiger partial charge is 0.408 e. The van der Waals surface area contributed by atoms with Crippen LogP contribution in [-0.4, -0.2) is 24.3 Å². The van der Waals surface area contributed by atoms with Crippen LogP contribution in [0.15, 0.2) is 27.4 Å². The van der Waals surface area contributed by atoms with Gasteiger partial charge in [-0.2, -0.15) is 0 Å². The van der Waals surface area contributed by atoms with Crippen LogP contribution in [0.4, 0.5) is 0 Å². The largest absolute Gasteiger partial charge is 0.419 e. The van der Waals surface area contributed by atoms with Crippen LogP contribution in [0, 0.1) is 5.92 Å². The van der Waals surface area contributed by atoms with Gasteiger partial charge in [-0.3, -0.25) is 4.57 Å². The molecule has 0 saturated carbocycles. The van der Waals surface area contributed by atoms with Crippen LogP contribution in [0.5, 0.6) is 0 Å². The third-order valence-electron chi connectivity index (χ3n) is 4.45. The Kier molecular flexibility index (Phi) is 3.87. The Morgan fingerprint density at radius 3 is 2.90 bits per heavy atom. The van der Waals surface area contributed by atoms with Crippen LogP contribution < -0.4 is 11.1 Å². The van der Waals surface area contributed by atoms with Crippen LogP contribution in [0.25, 0.3) is 11.1 Å². The van der Waals surface area contributed by atoms with Crippen molar-refractivity contribution in [2.24, 2.45) is 5.92 Å². The van der Waals surface area contributed by atoms with Crippen LogP contribution in [0.1, 0.15) is 31.9 Å². The molecule has 1 aliphatic rings. The summed E-state index contributed by atoms with van der Waals surface area (Å²) in [6.45, 7) is 5.58. The van der Waals surface area contributed by atoms with Crippen molar-refractivity contribution in [3.05, 3.63) is 34.3 Å². The zero-order valence-corrected chi connectivity index (χ0v) is 12.8. The average Bonchev–Trinajstić information content (AvgIpc) is 3.02. The summed E-state index contributed by atoms with van der Waals surface area (Å²) in [6, 6.07) is 6.09. The molecule has 1 aromatic carbocycles. The number of hydrogen-bond acceptors (Lipinski definition) is 4. The number of likely N-dealkylation sites (N-methyl/N-ethyl adjacent to an activating group) is 1. The van der Waals surface area contributed by atoms with Crippen molar-refractivity contribution in [2.75, 3.05) is 13.7 Å². The Labute approximate surface area is 123 Å². The molecule has 5 heteroatoms. The molecule has 114 valence electrons. The number of nitrogens with one attached hydrogen (secondary N) is 1. The minimum atomic E-state index is -0.295. The molecule has 2 aromatic rings. The van der Waals surface area contributed by atoms with Crippen LogP contribution >= 0.6 is 0 Å². The van der Waals surface area contributed by atoms with E-state index in [-0.39, 0.29) is 17.9 Å². The quantitative estimate of drug-likeness (QED) is 0.938. The van der Waals surface area contributed by atoms with Crippen LogP contribution in [0.3, 0.4) is 0 Å². The molecule has 0 amide bonds. The molecule has 2 heterocycles. The second kappa shape index (κ2) is 5.66. The summed E-state index contributed by atoms with van der Waals surface area (Å²) in [6.07, 6.45) is 1.25. The zero-order chi connectivity index (χ0) is 15.0. The molecule has 0 radical (unpaired) electrons. The van der Waals surface area contributed by atoms with Gasteiger partial charge in [-0.05, 0) is 44.0 Å². The summed E-state index contributed by atoms with van der Waals surface area (Å²) < 4.78 is 12.9. The lowest BCUT2D eigenvalue weighted by atomic mass is 9.92. The number of aromatic nitrogens is 1. The molecule has 1 fully saturated rings. The van der Waals surface area contributed by atoms with Gasteiger partial charge in [-0.25, -0.2) is 4.79 Å². The van der Waals surface area contributed by atoms with Gasteiger partial charge in [0.1, 0.15) is 0 Å². The van der Waals surface area contributed by atoms with Crippen molar-refractivity contribution in [3.8, 4) is 0 Å². The number of fused-ring (bicyclic) bond motifs is 1. The SMILES string of the molecule is CCn1c(=O)oc2cc(C(NC)C3OCCC3C)ccc21. The summed E-state index contributed by atoms with van der Waals surface area (Å²) >= 11 is 0. The predicted molar refractivity (Wildman–Crippen MR) is 81.5 cm³/mol. The molecule has 1 saturated heterocycles. The van der Waals surface area contributed by atoms with Crippen molar-refractivity contribution in [1.82, 2.24) is 9.88 Å². The molecule has 3 rings (SSSR count). The molecule has 0 aliphatic carbocycles. The van der Waals surface area contributed by atoms with E-state index in [0.717, 1.165) is 24.1 Å². The number of oxazole rings is 1. The lowest BCUT2D eigenvalue weighted by molar-refractivity contribution is 0.0631. The van der Waals surface area contributed by atoms with Crippen LogP contribution in [-0.2, 0) is 11.3 Å². The van der Waals surface area contributed by atoms with Crippen molar-refractivity contribution < 1.29 is 9.15 Å². The highest BCUT2D eigenvalue weighted by atomic mass is 16.5. The fourth-order valence-electron chi connectivity index (χ4n) is 3.24. The van der Waals surface area contributed by atoms with Gasteiger partial charge in [0, 0.05) is 13.2 Å². The first kappa shape index (κ1) is 14.4. The van der Waals surface area contributed by atoms with Crippen molar-refractivity contribution in [1.29, 1.82) is 0 Å². The Morgan fingerprint density at radius 1 is 1.48 bits per heavy atom. The highest BCUT2D eigenvalue weighted by Gasteiger charge is 2.32. The maximum Gasteiger partial charge on any atom is 0.419 e.